The summed E-state index contributed by atoms with van der Waals surface area (Å²) in [6.07, 6.45) is 5.02. The van der Waals surface area contributed by atoms with Gasteiger partial charge in [0.1, 0.15) is 11.6 Å². The number of aliphatic hydroxyl groups excluding tert-OH is 1. The zero-order valence-electron chi connectivity index (χ0n) is 21.9. The largest absolute Gasteiger partial charge is 0.394 e. The van der Waals surface area contributed by atoms with Crippen molar-refractivity contribution in [2.45, 2.75) is 103 Å². The summed E-state index contributed by atoms with van der Waals surface area (Å²) < 4.78 is 6.70. The van der Waals surface area contributed by atoms with Gasteiger partial charge in [-0.2, -0.15) is 0 Å². The molecule has 3 amide bonds. The van der Waals surface area contributed by atoms with Gasteiger partial charge in [0.25, 0.3) is 0 Å². The number of aliphatic hydroxyl groups is 1. The van der Waals surface area contributed by atoms with E-state index < -0.39 is 35.1 Å². The summed E-state index contributed by atoms with van der Waals surface area (Å²) >= 11 is 0. The van der Waals surface area contributed by atoms with E-state index in [1.807, 2.05) is 34.6 Å². The first-order valence-corrected chi connectivity index (χ1v) is 13.3. The fraction of sp³-hybridized carbons (Fsp3) is 0.885. The van der Waals surface area contributed by atoms with Gasteiger partial charge in [-0.15, -0.1) is 0 Å². The van der Waals surface area contributed by atoms with Crippen molar-refractivity contribution in [3.8, 4) is 0 Å². The third kappa shape index (κ3) is 4.15. The van der Waals surface area contributed by atoms with E-state index in [1.165, 1.54) is 0 Å². The molecular weight excluding hydrogens is 434 g/mol. The van der Waals surface area contributed by atoms with Crippen LogP contribution in [0.15, 0.2) is 0 Å². The Labute approximate surface area is 204 Å². The van der Waals surface area contributed by atoms with Gasteiger partial charge < -0.3 is 25.4 Å². The number of unbranched alkanes of at least 4 members (excludes halogenated alkanes) is 2. The van der Waals surface area contributed by atoms with Crippen LogP contribution in [0.3, 0.4) is 0 Å². The van der Waals surface area contributed by atoms with Crippen molar-refractivity contribution in [2.75, 3.05) is 19.7 Å². The number of rotatable bonds is 12. The van der Waals surface area contributed by atoms with Crippen LogP contribution in [0.25, 0.3) is 0 Å². The Balaban J connectivity index is 2.05. The van der Waals surface area contributed by atoms with Crippen LogP contribution in [0.1, 0.15) is 80.1 Å². The fourth-order valence-corrected chi connectivity index (χ4v) is 6.59. The number of hydrogen-bond acceptors (Lipinski definition) is 5. The number of fused-ring (bicyclic) bond motifs is 1. The van der Waals surface area contributed by atoms with E-state index in [0.717, 1.165) is 32.1 Å². The summed E-state index contributed by atoms with van der Waals surface area (Å²) in [6.45, 7) is 12.9. The molecule has 3 N–H and O–H groups in total. The zero-order valence-corrected chi connectivity index (χ0v) is 21.9. The van der Waals surface area contributed by atoms with Gasteiger partial charge in [0, 0.05) is 13.1 Å². The van der Waals surface area contributed by atoms with Crippen molar-refractivity contribution in [1.29, 1.82) is 0 Å². The van der Waals surface area contributed by atoms with Crippen LogP contribution in [-0.2, 0) is 19.1 Å². The van der Waals surface area contributed by atoms with Gasteiger partial charge in [-0.3, -0.25) is 14.4 Å². The normalized spacial score (nSPS) is 35.9. The summed E-state index contributed by atoms with van der Waals surface area (Å²) in [5, 5.41) is 16.4. The van der Waals surface area contributed by atoms with E-state index >= 15 is 0 Å². The van der Waals surface area contributed by atoms with Crippen molar-refractivity contribution in [3.05, 3.63) is 0 Å². The molecule has 3 aliphatic rings. The minimum Gasteiger partial charge on any atom is -0.394 e. The SMILES string of the molecule is CCCCCNC(=O)C1N([C@@H](CO)[C@@H](C)CC)C(=O)[C@@H]2[C@H](C(=O)NCCC)[C@@]3(C)OC12CC3C. The predicted molar refractivity (Wildman–Crippen MR) is 130 cm³/mol. The van der Waals surface area contributed by atoms with E-state index in [1.54, 1.807) is 4.90 Å². The Kier molecular flexibility index (Phi) is 8.33. The van der Waals surface area contributed by atoms with Gasteiger partial charge in [-0.25, -0.2) is 0 Å². The monoisotopic (exact) mass is 479 g/mol. The molecule has 2 bridgehead atoms. The highest BCUT2D eigenvalue weighted by Crippen LogP contribution is 2.65. The van der Waals surface area contributed by atoms with Crippen molar-refractivity contribution >= 4 is 17.7 Å². The molecule has 0 aromatic heterocycles. The molecule has 3 fully saturated rings. The molecule has 3 heterocycles. The number of hydrogen-bond donors (Lipinski definition) is 3. The number of amides is 3. The van der Waals surface area contributed by atoms with E-state index in [0.29, 0.717) is 19.5 Å². The molecule has 0 aliphatic carbocycles. The van der Waals surface area contributed by atoms with E-state index in [4.69, 9.17) is 4.74 Å². The molecule has 8 nitrogen and oxygen atoms in total. The highest BCUT2D eigenvalue weighted by atomic mass is 16.5. The highest BCUT2D eigenvalue weighted by Gasteiger charge is 2.80. The summed E-state index contributed by atoms with van der Waals surface area (Å²) in [5.74, 6) is -2.02. The lowest BCUT2D eigenvalue weighted by Crippen LogP contribution is -2.59. The molecule has 0 saturated carbocycles. The summed E-state index contributed by atoms with van der Waals surface area (Å²) in [6, 6.07) is -1.36. The molecule has 194 valence electrons. The maximum Gasteiger partial charge on any atom is 0.245 e. The quantitative estimate of drug-likeness (QED) is 0.372. The fourth-order valence-electron chi connectivity index (χ4n) is 6.59. The topological polar surface area (TPSA) is 108 Å². The zero-order chi connectivity index (χ0) is 25.3. The van der Waals surface area contributed by atoms with Crippen LogP contribution in [0.5, 0.6) is 0 Å². The van der Waals surface area contributed by atoms with Gasteiger partial charge in [0.15, 0.2) is 0 Å². The predicted octanol–water partition coefficient (Wildman–Crippen LogP) is 2.24. The molecule has 34 heavy (non-hydrogen) atoms. The lowest BCUT2D eigenvalue weighted by molar-refractivity contribution is -0.152. The molecule has 0 radical (unpaired) electrons. The van der Waals surface area contributed by atoms with Crippen LogP contribution in [0.2, 0.25) is 0 Å². The Hall–Kier alpha value is -1.67. The molecule has 0 aromatic carbocycles. The lowest BCUT2D eigenvalue weighted by atomic mass is 9.62. The van der Waals surface area contributed by atoms with Crippen LogP contribution < -0.4 is 10.6 Å². The Morgan fingerprint density at radius 3 is 2.41 bits per heavy atom. The molecule has 8 atom stereocenters. The first kappa shape index (κ1) is 26.9. The molecule has 3 saturated heterocycles. The lowest BCUT2D eigenvalue weighted by Gasteiger charge is -2.39. The minimum absolute atomic E-state index is 0.00264. The summed E-state index contributed by atoms with van der Waals surface area (Å²) in [5.41, 5.74) is -1.87. The van der Waals surface area contributed by atoms with Crippen molar-refractivity contribution in [3.63, 3.8) is 0 Å². The maximum absolute atomic E-state index is 14.1. The standard InChI is InChI=1S/C26H45N3O5/c1-7-10-11-13-28-23(32)21-26-14-17(5)25(6,34-26)19(22(31)27-12-8-2)20(26)24(33)29(21)18(15-30)16(4)9-3/h16-21,30H,7-15H2,1-6H3,(H,27,31)(H,28,32)/t16-,17?,18-,19+,20-,21?,25-,26?/m0/s1. The molecule has 1 spiro atoms. The van der Waals surface area contributed by atoms with Gasteiger partial charge in [-0.1, -0.05) is 53.9 Å². The first-order valence-electron chi connectivity index (χ1n) is 13.3. The number of carbonyl (C=O) groups excluding carboxylic acids is 3. The molecule has 8 heteroatoms. The third-order valence-corrected chi connectivity index (χ3v) is 8.76. The number of carbonyl (C=O) groups is 3. The highest BCUT2D eigenvalue weighted by molar-refractivity contribution is 5.99. The van der Waals surface area contributed by atoms with Gasteiger partial charge in [0.05, 0.1) is 30.1 Å². The molecule has 0 aromatic rings. The van der Waals surface area contributed by atoms with Crippen molar-refractivity contribution in [1.82, 2.24) is 15.5 Å². The number of nitrogens with one attached hydrogen (secondary N) is 2. The van der Waals surface area contributed by atoms with Gasteiger partial charge >= 0.3 is 0 Å². The van der Waals surface area contributed by atoms with Crippen LogP contribution in [0, 0.1) is 23.7 Å². The third-order valence-electron chi connectivity index (χ3n) is 8.76. The number of nitrogens with zero attached hydrogens (tertiary/aromatic N) is 1. The minimum atomic E-state index is -1.06. The molecule has 3 rings (SSSR count). The van der Waals surface area contributed by atoms with E-state index in [9.17, 15) is 19.5 Å². The van der Waals surface area contributed by atoms with Crippen LogP contribution in [0.4, 0.5) is 0 Å². The molecule has 3 unspecified atom stereocenters. The summed E-state index contributed by atoms with van der Waals surface area (Å²) in [4.78, 5) is 42.8. The average Bonchev–Trinajstić information content (AvgIpc) is 3.32. The van der Waals surface area contributed by atoms with Crippen LogP contribution in [-0.4, -0.2) is 70.7 Å². The first-order chi connectivity index (χ1) is 16.1. The second-order valence-corrected chi connectivity index (χ2v) is 10.9. The Morgan fingerprint density at radius 1 is 1.15 bits per heavy atom. The van der Waals surface area contributed by atoms with E-state index in [2.05, 4.69) is 17.6 Å². The van der Waals surface area contributed by atoms with Crippen molar-refractivity contribution < 1.29 is 24.2 Å². The molecular formula is C26H45N3O5. The maximum atomic E-state index is 14.1. The second-order valence-electron chi connectivity index (χ2n) is 10.9. The smallest absolute Gasteiger partial charge is 0.245 e. The second kappa shape index (κ2) is 10.5. The Morgan fingerprint density at radius 2 is 1.82 bits per heavy atom. The van der Waals surface area contributed by atoms with Crippen LogP contribution >= 0.6 is 0 Å². The van der Waals surface area contributed by atoms with E-state index in [-0.39, 0.29) is 36.2 Å². The number of likely N-dealkylation sites (tertiary alicyclic amines) is 1. The van der Waals surface area contributed by atoms with Gasteiger partial charge in [-0.05, 0) is 38.0 Å². The average molecular weight is 480 g/mol. The summed E-state index contributed by atoms with van der Waals surface area (Å²) in [7, 11) is 0. The van der Waals surface area contributed by atoms with Gasteiger partial charge in [0.2, 0.25) is 17.7 Å². The Bertz CT molecular complexity index is 776. The number of ether oxygens (including phenoxy) is 1. The van der Waals surface area contributed by atoms with Crippen molar-refractivity contribution in [2.24, 2.45) is 23.7 Å². The molecule has 3 aliphatic heterocycles.